The summed E-state index contributed by atoms with van der Waals surface area (Å²) < 4.78 is 10.6. The van der Waals surface area contributed by atoms with Gasteiger partial charge in [-0.25, -0.2) is 14.4 Å². The van der Waals surface area contributed by atoms with Crippen LogP contribution >= 0.6 is 0 Å². The van der Waals surface area contributed by atoms with Gasteiger partial charge in [-0.1, -0.05) is 12.1 Å². The molecule has 1 heterocycles. The maximum absolute atomic E-state index is 12.1. The molecule has 0 unspecified atom stereocenters. The van der Waals surface area contributed by atoms with Crippen molar-refractivity contribution in [3.8, 4) is 0 Å². The third-order valence-corrected chi connectivity index (χ3v) is 3.83. The Labute approximate surface area is 126 Å². The molecule has 0 radical (unpaired) electrons. The van der Waals surface area contributed by atoms with Crippen LogP contribution in [0, 0.1) is 0 Å². The molecule has 1 saturated carbocycles. The fourth-order valence-electron chi connectivity index (χ4n) is 2.68. The zero-order valence-electron chi connectivity index (χ0n) is 11.7. The molecule has 1 spiro atoms. The van der Waals surface area contributed by atoms with E-state index < -0.39 is 23.7 Å². The first-order valence-electron chi connectivity index (χ1n) is 7.01. The van der Waals surface area contributed by atoms with Gasteiger partial charge in [-0.2, -0.15) is 0 Å². The van der Waals surface area contributed by atoms with Crippen LogP contribution in [-0.4, -0.2) is 28.8 Å². The molecule has 0 aromatic heterocycles. The number of ether oxygens (including phenoxy) is 2. The van der Waals surface area contributed by atoms with Gasteiger partial charge in [-0.15, -0.1) is 0 Å². The zero-order chi connectivity index (χ0) is 15.7. The van der Waals surface area contributed by atoms with Crippen LogP contribution in [0.25, 0.3) is 6.08 Å². The summed E-state index contributed by atoms with van der Waals surface area (Å²) in [5.41, 5.74) is 0.470. The Hall–Kier alpha value is -2.63. The summed E-state index contributed by atoms with van der Waals surface area (Å²) in [5, 5.41) is 8.84. The van der Waals surface area contributed by atoms with E-state index in [-0.39, 0.29) is 11.1 Å². The minimum atomic E-state index is -1.08. The molecule has 1 saturated heterocycles. The highest BCUT2D eigenvalue weighted by Gasteiger charge is 2.47. The van der Waals surface area contributed by atoms with Gasteiger partial charge in [0.1, 0.15) is 5.57 Å². The van der Waals surface area contributed by atoms with Gasteiger partial charge in [0, 0.05) is 12.8 Å². The van der Waals surface area contributed by atoms with Crippen molar-refractivity contribution in [2.75, 3.05) is 0 Å². The molecular weight excluding hydrogens is 288 g/mol. The molecule has 0 atom stereocenters. The minimum absolute atomic E-state index is 0.126. The number of carboxylic acids is 1. The molecule has 6 heteroatoms. The van der Waals surface area contributed by atoms with Crippen LogP contribution in [0.5, 0.6) is 0 Å². The van der Waals surface area contributed by atoms with Crippen molar-refractivity contribution in [1.82, 2.24) is 0 Å². The Morgan fingerprint density at radius 3 is 2.09 bits per heavy atom. The lowest BCUT2D eigenvalue weighted by Crippen LogP contribution is -2.44. The molecule has 114 valence electrons. The van der Waals surface area contributed by atoms with Gasteiger partial charge in [-0.05, 0) is 36.6 Å². The molecule has 0 bridgehead atoms. The van der Waals surface area contributed by atoms with Crippen molar-refractivity contribution in [1.29, 1.82) is 0 Å². The molecule has 0 amide bonds. The number of hydrogen-bond acceptors (Lipinski definition) is 5. The van der Waals surface area contributed by atoms with Crippen LogP contribution in [0.15, 0.2) is 29.8 Å². The van der Waals surface area contributed by atoms with Crippen LogP contribution in [0.3, 0.4) is 0 Å². The van der Waals surface area contributed by atoms with Crippen LogP contribution in [0.2, 0.25) is 0 Å². The van der Waals surface area contributed by atoms with E-state index in [1.807, 2.05) is 0 Å². The Morgan fingerprint density at radius 1 is 1.05 bits per heavy atom. The van der Waals surface area contributed by atoms with E-state index in [0.717, 1.165) is 12.8 Å². The number of carboxylic acid groups (broad SMARTS) is 1. The van der Waals surface area contributed by atoms with Crippen molar-refractivity contribution < 1.29 is 29.0 Å². The number of benzene rings is 1. The standard InChI is InChI=1S/C16H14O6/c17-13(18)11-5-3-10(4-6-11)9-12-14(19)21-16(22-15(12)20)7-1-2-8-16/h3-6,9H,1-2,7-8H2,(H,17,18). The summed E-state index contributed by atoms with van der Waals surface area (Å²) >= 11 is 0. The monoisotopic (exact) mass is 302 g/mol. The topological polar surface area (TPSA) is 89.9 Å². The lowest BCUT2D eigenvalue weighted by Gasteiger charge is -2.32. The van der Waals surface area contributed by atoms with Gasteiger partial charge in [-0.3, -0.25) is 0 Å². The Morgan fingerprint density at radius 2 is 1.59 bits per heavy atom. The van der Waals surface area contributed by atoms with Gasteiger partial charge in [0.25, 0.3) is 5.79 Å². The molecule has 6 nitrogen and oxygen atoms in total. The van der Waals surface area contributed by atoms with Crippen molar-refractivity contribution in [3.05, 3.63) is 41.0 Å². The van der Waals surface area contributed by atoms with Crippen LogP contribution in [0.4, 0.5) is 0 Å². The van der Waals surface area contributed by atoms with E-state index >= 15 is 0 Å². The molecule has 1 aliphatic carbocycles. The van der Waals surface area contributed by atoms with E-state index in [9.17, 15) is 14.4 Å². The predicted molar refractivity (Wildman–Crippen MR) is 74.8 cm³/mol. The highest BCUT2D eigenvalue weighted by atomic mass is 16.7. The normalized spacial score (nSPS) is 19.7. The first-order valence-corrected chi connectivity index (χ1v) is 7.01. The van der Waals surface area contributed by atoms with Crippen LogP contribution < -0.4 is 0 Å². The highest BCUT2D eigenvalue weighted by molar-refractivity contribution is 6.18. The van der Waals surface area contributed by atoms with Crippen LogP contribution in [0.1, 0.15) is 41.6 Å². The molecular formula is C16H14O6. The van der Waals surface area contributed by atoms with E-state index in [2.05, 4.69) is 0 Å². The fraction of sp³-hybridized carbons (Fsp3) is 0.312. The third-order valence-electron chi connectivity index (χ3n) is 3.83. The average molecular weight is 302 g/mol. The maximum Gasteiger partial charge on any atom is 0.348 e. The third kappa shape index (κ3) is 2.59. The maximum atomic E-state index is 12.1. The van der Waals surface area contributed by atoms with Gasteiger partial charge in [0.15, 0.2) is 0 Å². The molecule has 1 aliphatic heterocycles. The lowest BCUT2D eigenvalue weighted by molar-refractivity contribution is -0.232. The van der Waals surface area contributed by atoms with E-state index in [1.54, 1.807) is 0 Å². The second-order valence-electron chi connectivity index (χ2n) is 5.38. The van der Waals surface area contributed by atoms with Gasteiger partial charge in [0.2, 0.25) is 0 Å². The number of carbonyl (C=O) groups is 3. The van der Waals surface area contributed by atoms with E-state index in [1.165, 1.54) is 30.3 Å². The largest absolute Gasteiger partial charge is 0.478 e. The Kier molecular flexibility index (Phi) is 3.44. The summed E-state index contributed by atoms with van der Waals surface area (Å²) in [6, 6.07) is 5.81. The van der Waals surface area contributed by atoms with Gasteiger partial charge < -0.3 is 14.6 Å². The Balaban J connectivity index is 1.83. The molecule has 1 aromatic rings. The SMILES string of the molecule is O=C1OC2(CCCC2)OC(=O)C1=Cc1ccc(C(=O)O)cc1. The van der Waals surface area contributed by atoms with Gasteiger partial charge in [0.05, 0.1) is 5.56 Å². The van der Waals surface area contributed by atoms with Gasteiger partial charge >= 0.3 is 17.9 Å². The first kappa shape index (κ1) is 14.3. The highest BCUT2D eigenvalue weighted by Crippen LogP contribution is 2.38. The second kappa shape index (κ2) is 5.29. The number of carbonyl (C=O) groups excluding carboxylic acids is 2. The van der Waals surface area contributed by atoms with Crippen molar-refractivity contribution in [3.63, 3.8) is 0 Å². The lowest BCUT2D eigenvalue weighted by atomic mass is 10.1. The smallest absolute Gasteiger partial charge is 0.348 e. The summed E-state index contributed by atoms with van der Waals surface area (Å²) in [7, 11) is 0. The van der Waals surface area contributed by atoms with Crippen LogP contribution in [-0.2, 0) is 19.1 Å². The first-order chi connectivity index (χ1) is 10.5. The fourth-order valence-corrected chi connectivity index (χ4v) is 2.68. The number of rotatable bonds is 2. The number of hydrogen-bond donors (Lipinski definition) is 1. The summed E-state index contributed by atoms with van der Waals surface area (Å²) in [5.74, 6) is -3.52. The molecule has 1 N–H and O–H groups in total. The summed E-state index contributed by atoms with van der Waals surface area (Å²) in [6.07, 6.45) is 4.13. The number of aromatic carboxylic acids is 1. The predicted octanol–water partition coefficient (Wildman–Crippen LogP) is 2.14. The minimum Gasteiger partial charge on any atom is -0.478 e. The van der Waals surface area contributed by atoms with E-state index in [0.29, 0.717) is 18.4 Å². The van der Waals surface area contributed by atoms with Crippen molar-refractivity contribution in [2.24, 2.45) is 0 Å². The second-order valence-corrected chi connectivity index (χ2v) is 5.38. The molecule has 22 heavy (non-hydrogen) atoms. The Bertz CT molecular complexity index is 642. The molecule has 2 aliphatic rings. The summed E-state index contributed by atoms with van der Waals surface area (Å²) in [6.45, 7) is 0. The van der Waals surface area contributed by atoms with E-state index in [4.69, 9.17) is 14.6 Å². The van der Waals surface area contributed by atoms with Crippen molar-refractivity contribution in [2.45, 2.75) is 31.5 Å². The molecule has 1 aromatic carbocycles. The number of esters is 2. The molecule has 3 rings (SSSR count). The average Bonchev–Trinajstić information content (AvgIpc) is 2.91. The zero-order valence-corrected chi connectivity index (χ0v) is 11.7. The molecule has 2 fully saturated rings. The summed E-state index contributed by atoms with van der Waals surface area (Å²) in [4.78, 5) is 34.9. The quantitative estimate of drug-likeness (QED) is 0.511. The van der Waals surface area contributed by atoms with Crippen molar-refractivity contribution >= 4 is 24.0 Å².